The third-order valence-electron chi connectivity index (χ3n) is 12.5. The van der Waals surface area contributed by atoms with E-state index in [9.17, 15) is 5.11 Å². The van der Waals surface area contributed by atoms with Crippen LogP contribution in [0, 0.1) is 13.8 Å². The number of pyridine rings is 1. The van der Waals surface area contributed by atoms with Crippen molar-refractivity contribution in [3.05, 3.63) is 166 Å². The van der Waals surface area contributed by atoms with Crippen LogP contribution in [0.5, 0.6) is 5.75 Å². The zero-order chi connectivity index (χ0) is 59.5. The van der Waals surface area contributed by atoms with Crippen LogP contribution in [-0.2, 0) is 16.2 Å². The number of benzene rings is 6. The lowest BCUT2D eigenvalue weighted by atomic mass is 9.83. The van der Waals surface area contributed by atoms with Crippen molar-refractivity contribution in [1.82, 2.24) is 14.5 Å². The Kier molecular flexibility index (Phi) is 8.23. The number of hydrogen-bond donors (Lipinski definition) is 1. The summed E-state index contributed by atoms with van der Waals surface area (Å²) in [4.78, 5) is 10.2. The summed E-state index contributed by atoms with van der Waals surface area (Å²) in [6, 6.07) is 35.8. The van der Waals surface area contributed by atoms with Gasteiger partial charge in [-0.2, -0.15) is 0 Å². The molecule has 0 saturated heterocycles. The molecule has 4 nitrogen and oxygen atoms in total. The summed E-state index contributed by atoms with van der Waals surface area (Å²) in [6.07, 6.45) is 1.63. The molecule has 0 aliphatic carbocycles. The number of aryl methyl sites for hydroxylation is 2. The van der Waals surface area contributed by atoms with E-state index in [4.69, 9.17) is 29.2 Å². The number of aromatic nitrogens is 3. The highest BCUT2D eigenvalue weighted by Crippen LogP contribution is 2.44. The Hall–Kier alpha value is -6.26. The highest BCUT2D eigenvalue weighted by atomic mass is 16.3. The van der Waals surface area contributed by atoms with Gasteiger partial charge in [-0.1, -0.05) is 163 Å². The van der Waals surface area contributed by atoms with Crippen molar-refractivity contribution < 1.29 is 24.3 Å². The van der Waals surface area contributed by atoms with Crippen molar-refractivity contribution in [2.45, 2.75) is 132 Å². The highest BCUT2D eigenvalue weighted by molar-refractivity contribution is 5.97. The average Bonchev–Trinajstić information content (AvgIpc) is 3.75. The second-order valence-electron chi connectivity index (χ2n) is 20.2. The lowest BCUT2D eigenvalue weighted by Gasteiger charge is -2.23. The Morgan fingerprint density at radius 3 is 1.89 bits per heavy atom. The summed E-state index contributed by atoms with van der Waals surface area (Å²) >= 11 is 0. The number of nitrogens with zero attached hydrogens (tertiary/aromatic N) is 3. The number of rotatable bonds is 8. The predicted molar refractivity (Wildman–Crippen MR) is 281 cm³/mol. The van der Waals surface area contributed by atoms with Crippen LogP contribution in [0.4, 0.5) is 0 Å². The molecule has 0 aliphatic heterocycles. The summed E-state index contributed by atoms with van der Waals surface area (Å²) in [6.45, 7) is 8.53. The van der Waals surface area contributed by atoms with Crippen LogP contribution in [0.3, 0.4) is 0 Å². The van der Waals surface area contributed by atoms with Crippen molar-refractivity contribution in [3.8, 4) is 67.5 Å². The zero-order valence-corrected chi connectivity index (χ0v) is 39.9. The Morgan fingerprint density at radius 1 is 0.591 bits per heavy atom. The van der Waals surface area contributed by atoms with Gasteiger partial charge >= 0.3 is 0 Å². The van der Waals surface area contributed by atoms with E-state index in [2.05, 4.69) is 32.9 Å². The number of para-hydroxylation sites is 1. The molecule has 8 rings (SSSR count). The summed E-state index contributed by atoms with van der Waals surface area (Å²) in [5.74, 6) is -1.69. The lowest BCUT2D eigenvalue weighted by molar-refractivity contribution is 0.448. The quantitative estimate of drug-likeness (QED) is 0.165. The second-order valence-corrected chi connectivity index (χ2v) is 20.2. The molecule has 0 atom stereocenters. The third-order valence-corrected chi connectivity index (χ3v) is 12.5. The Morgan fingerprint density at radius 2 is 1.26 bits per heavy atom. The average molecular weight is 886 g/mol. The fourth-order valence-electron chi connectivity index (χ4n) is 8.60. The maximum Gasteiger partial charge on any atom is 0.149 e. The number of fused-ring (bicyclic) bond motifs is 1. The minimum Gasteiger partial charge on any atom is -0.507 e. The normalized spacial score (nSPS) is 16.7. The van der Waals surface area contributed by atoms with Gasteiger partial charge in [0.2, 0.25) is 0 Å². The smallest absolute Gasteiger partial charge is 0.149 e. The van der Waals surface area contributed by atoms with Gasteiger partial charge in [0.15, 0.2) is 0 Å². The monoisotopic (exact) mass is 886 g/mol. The molecule has 1 N–H and O–H groups in total. The molecule has 8 aromatic rings. The summed E-state index contributed by atoms with van der Waals surface area (Å²) in [5.41, 5.74) is 6.58. The van der Waals surface area contributed by atoms with Gasteiger partial charge in [-0.3, -0.25) is 9.55 Å². The van der Waals surface area contributed by atoms with Crippen LogP contribution < -0.4 is 0 Å². The van der Waals surface area contributed by atoms with Gasteiger partial charge in [0.25, 0.3) is 0 Å². The van der Waals surface area contributed by atoms with Crippen molar-refractivity contribution in [2.75, 3.05) is 0 Å². The first kappa shape index (κ1) is 31.6. The molecule has 0 saturated carbocycles. The molecule has 0 spiro atoms. The zero-order valence-electron chi connectivity index (χ0n) is 53.9. The Bertz CT molecular complexity index is 3600. The van der Waals surface area contributed by atoms with E-state index in [-0.39, 0.29) is 16.9 Å². The molecule has 0 fully saturated rings. The largest absolute Gasteiger partial charge is 0.507 e. The van der Waals surface area contributed by atoms with Crippen LogP contribution >= 0.6 is 0 Å². The number of phenolic OH excluding ortho intramolecular Hbond substituents is 1. The second kappa shape index (κ2) is 17.2. The molecule has 0 amide bonds. The molecule has 0 radical (unpaired) electrons. The standard InChI is InChI=1S/C62H69N3O/c1-37(2)44-30-45(38(3)4)32-46(31-44)42-21-24-55(40(6)29-42)65-56-18-16-17-51(57(56)64-59(65)52-27-39(5)28-53(58(52)66)62(13,14)15)47-33-48(35-50(34-47)61(10,11)12)54-36-43(25-26-63-54)41-19-22-49(23-20-41)60(7,8)9/h16-38,66H,1-15H3/i6D3,7D3,8D3,9D3,37D,38D. The summed E-state index contributed by atoms with van der Waals surface area (Å²) in [5, 5.41) is 12.4. The Labute approximate surface area is 414 Å². The minimum absolute atomic E-state index is 0.0115. The van der Waals surface area contributed by atoms with Gasteiger partial charge in [-0.05, 0) is 152 Å². The van der Waals surface area contributed by atoms with Crippen molar-refractivity contribution in [3.63, 3.8) is 0 Å². The van der Waals surface area contributed by atoms with Crippen LogP contribution in [0.15, 0.2) is 128 Å². The Balaban J connectivity index is 1.36. The fourth-order valence-corrected chi connectivity index (χ4v) is 8.60. The number of phenols is 1. The van der Waals surface area contributed by atoms with E-state index < -0.39 is 55.4 Å². The third kappa shape index (κ3) is 9.12. The van der Waals surface area contributed by atoms with E-state index in [0.29, 0.717) is 78.3 Å². The molecular weight excluding hydrogens is 803 g/mol. The van der Waals surface area contributed by atoms with Crippen LogP contribution in [-0.4, -0.2) is 19.6 Å². The fraction of sp³-hybridized carbons (Fsp3) is 0.323. The van der Waals surface area contributed by atoms with Gasteiger partial charge in [-0.15, -0.1) is 0 Å². The van der Waals surface area contributed by atoms with Crippen LogP contribution in [0.1, 0.15) is 160 Å². The summed E-state index contributed by atoms with van der Waals surface area (Å²) < 4.78 is 121. The summed E-state index contributed by atoms with van der Waals surface area (Å²) in [7, 11) is 0. The van der Waals surface area contributed by atoms with Gasteiger partial charge in [0.05, 0.1) is 28.0 Å². The first-order valence-corrected chi connectivity index (χ1v) is 22.4. The molecule has 2 aromatic heterocycles. The molecule has 0 unspecified atom stereocenters. The minimum atomic E-state index is -3.40. The van der Waals surface area contributed by atoms with Crippen molar-refractivity contribution in [1.29, 1.82) is 0 Å². The van der Waals surface area contributed by atoms with Gasteiger partial charge in [0.1, 0.15) is 11.6 Å². The predicted octanol–water partition coefficient (Wildman–Crippen LogP) is 17.2. The number of aromatic hydroxyl groups is 1. The maximum atomic E-state index is 12.4. The molecule has 338 valence electrons. The van der Waals surface area contributed by atoms with Crippen molar-refractivity contribution in [2.24, 2.45) is 0 Å². The van der Waals surface area contributed by atoms with Crippen LogP contribution in [0.25, 0.3) is 72.7 Å². The van der Waals surface area contributed by atoms with Gasteiger partial charge in [0, 0.05) is 42.1 Å². The van der Waals surface area contributed by atoms with E-state index in [1.54, 1.807) is 52.1 Å². The molecule has 0 aliphatic rings. The first-order valence-electron chi connectivity index (χ1n) is 29.4. The lowest BCUT2D eigenvalue weighted by Crippen LogP contribution is -2.12. The molecule has 4 heteroatoms. The molecule has 6 aromatic carbocycles. The van der Waals surface area contributed by atoms with Gasteiger partial charge in [-0.25, -0.2) is 4.98 Å². The maximum absolute atomic E-state index is 12.4. The highest BCUT2D eigenvalue weighted by Gasteiger charge is 2.27. The van der Waals surface area contributed by atoms with Crippen molar-refractivity contribution >= 4 is 11.0 Å². The van der Waals surface area contributed by atoms with E-state index in [0.717, 1.165) is 22.3 Å². The SMILES string of the molecule is [2H]C([2H])([2H])c1cc(-c2cc(C([2H])(C)C)cc(C([2H])(C)C)c2)ccc1-n1c(-c2cc(C)cc(C(C)(C)C)c2O)nc2c(-c3cc(-c4cc(-c5ccc(C(C([2H])([2H])[2H])(C([2H])([2H])[2H])C([2H])([2H])[2H])cc5)ccn4)cc(C(C)(C)C)c3)cccc21. The topological polar surface area (TPSA) is 50.9 Å². The molecule has 2 heterocycles. The molecular formula is C62H69N3O. The molecule has 66 heavy (non-hydrogen) atoms. The van der Waals surface area contributed by atoms with E-state index >= 15 is 0 Å². The van der Waals surface area contributed by atoms with E-state index in [1.165, 1.54) is 24.3 Å². The van der Waals surface area contributed by atoms with Gasteiger partial charge < -0.3 is 5.11 Å². The number of imidazole rings is 1. The molecule has 0 bridgehead atoms. The number of hydrogen-bond acceptors (Lipinski definition) is 3. The van der Waals surface area contributed by atoms with E-state index in [1.807, 2.05) is 99.0 Å². The van der Waals surface area contributed by atoms with Crippen LogP contribution in [0.2, 0.25) is 0 Å². The first-order chi connectivity index (χ1) is 36.5.